The second-order valence-corrected chi connectivity index (χ2v) is 4.59. The molecular weight excluding hydrogens is 244 g/mol. The van der Waals surface area contributed by atoms with Gasteiger partial charge < -0.3 is 11.1 Å². The van der Waals surface area contributed by atoms with E-state index in [4.69, 9.17) is 5.73 Å². The summed E-state index contributed by atoms with van der Waals surface area (Å²) >= 11 is 1.55. The third-order valence-electron chi connectivity index (χ3n) is 2.22. The van der Waals surface area contributed by atoms with Crippen LogP contribution in [0.2, 0.25) is 0 Å². The molecule has 0 saturated heterocycles. The molecule has 3 N–H and O–H groups in total. The standard InChI is InChI=1S/C13H14N4S/c1-2-8-15-11-12(14)16-9-17-13(11)18-10-6-4-3-5-7-10/h2-7,9,15H,1,8H2,(H2,14,16,17). The van der Waals surface area contributed by atoms with Crippen molar-refractivity contribution < 1.29 is 0 Å². The minimum atomic E-state index is 0.449. The van der Waals surface area contributed by atoms with Crippen molar-refractivity contribution in [3.8, 4) is 0 Å². The molecule has 0 bridgehead atoms. The lowest BCUT2D eigenvalue weighted by Gasteiger charge is -2.10. The fourth-order valence-electron chi connectivity index (χ4n) is 1.40. The smallest absolute Gasteiger partial charge is 0.151 e. The average molecular weight is 258 g/mol. The van der Waals surface area contributed by atoms with Crippen molar-refractivity contribution in [1.29, 1.82) is 0 Å². The van der Waals surface area contributed by atoms with Gasteiger partial charge in [-0.05, 0) is 12.1 Å². The third-order valence-corrected chi connectivity index (χ3v) is 3.23. The summed E-state index contributed by atoms with van der Waals surface area (Å²) in [4.78, 5) is 9.36. The van der Waals surface area contributed by atoms with E-state index in [1.807, 2.05) is 30.3 Å². The van der Waals surface area contributed by atoms with Gasteiger partial charge in [0.2, 0.25) is 0 Å². The van der Waals surface area contributed by atoms with Crippen molar-refractivity contribution in [2.75, 3.05) is 17.6 Å². The van der Waals surface area contributed by atoms with E-state index >= 15 is 0 Å². The second-order valence-electron chi connectivity index (χ2n) is 3.52. The van der Waals surface area contributed by atoms with Gasteiger partial charge in [-0.15, -0.1) is 6.58 Å². The predicted molar refractivity (Wildman–Crippen MR) is 75.7 cm³/mol. The van der Waals surface area contributed by atoms with Crippen LogP contribution in [0.15, 0.2) is 59.2 Å². The molecule has 0 unspecified atom stereocenters. The molecule has 1 heterocycles. The highest BCUT2D eigenvalue weighted by Gasteiger charge is 2.09. The maximum atomic E-state index is 5.85. The van der Waals surface area contributed by atoms with Crippen LogP contribution in [0.25, 0.3) is 0 Å². The van der Waals surface area contributed by atoms with Crippen molar-refractivity contribution in [3.63, 3.8) is 0 Å². The average Bonchev–Trinajstić information content (AvgIpc) is 2.39. The van der Waals surface area contributed by atoms with Crippen molar-refractivity contribution in [2.24, 2.45) is 0 Å². The molecule has 0 aliphatic carbocycles. The zero-order valence-electron chi connectivity index (χ0n) is 9.84. The molecular formula is C13H14N4S. The van der Waals surface area contributed by atoms with Gasteiger partial charge in [0.25, 0.3) is 0 Å². The SMILES string of the molecule is C=CCNc1c(N)ncnc1Sc1ccccc1. The van der Waals surface area contributed by atoms with Gasteiger partial charge >= 0.3 is 0 Å². The molecule has 0 aliphatic rings. The molecule has 2 rings (SSSR count). The molecule has 1 aromatic heterocycles. The van der Waals surface area contributed by atoms with E-state index in [-0.39, 0.29) is 0 Å². The molecule has 0 atom stereocenters. The second kappa shape index (κ2) is 6.07. The first kappa shape index (κ1) is 12.4. The third kappa shape index (κ3) is 3.01. The van der Waals surface area contributed by atoms with Crippen LogP contribution >= 0.6 is 11.8 Å². The zero-order valence-corrected chi connectivity index (χ0v) is 10.7. The minimum Gasteiger partial charge on any atom is -0.382 e. The van der Waals surface area contributed by atoms with E-state index in [0.717, 1.165) is 15.6 Å². The minimum absolute atomic E-state index is 0.449. The lowest BCUT2D eigenvalue weighted by Crippen LogP contribution is -2.06. The highest BCUT2D eigenvalue weighted by Crippen LogP contribution is 2.33. The summed E-state index contributed by atoms with van der Waals surface area (Å²) in [5.41, 5.74) is 6.61. The number of nitrogen functional groups attached to an aromatic ring is 1. The Morgan fingerprint density at radius 2 is 2.06 bits per heavy atom. The van der Waals surface area contributed by atoms with Gasteiger partial charge in [0.1, 0.15) is 17.0 Å². The highest BCUT2D eigenvalue weighted by atomic mass is 32.2. The van der Waals surface area contributed by atoms with Crippen LogP contribution in [0.3, 0.4) is 0 Å². The number of benzene rings is 1. The molecule has 0 aliphatic heterocycles. The molecule has 1 aromatic carbocycles. The van der Waals surface area contributed by atoms with Gasteiger partial charge in [0, 0.05) is 11.4 Å². The number of hydrogen-bond donors (Lipinski definition) is 2. The molecule has 92 valence electrons. The van der Waals surface area contributed by atoms with Gasteiger partial charge in [-0.25, -0.2) is 9.97 Å². The first-order valence-corrected chi connectivity index (χ1v) is 6.31. The Morgan fingerprint density at radius 1 is 1.28 bits per heavy atom. The van der Waals surface area contributed by atoms with E-state index in [2.05, 4.69) is 21.9 Å². The Bertz CT molecular complexity index is 528. The highest BCUT2D eigenvalue weighted by molar-refractivity contribution is 7.99. The number of nitrogens with one attached hydrogen (secondary N) is 1. The maximum absolute atomic E-state index is 5.85. The first-order chi connectivity index (χ1) is 8.81. The molecule has 0 saturated carbocycles. The summed E-state index contributed by atoms with van der Waals surface area (Å²) in [6.45, 7) is 4.29. The summed E-state index contributed by atoms with van der Waals surface area (Å²) in [5, 5.41) is 3.98. The number of nitrogens with zero attached hydrogens (tertiary/aromatic N) is 2. The Labute approximate surface area is 110 Å². The normalized spacial score (nSPS) is 10.0. The molecule has 2 aromatic rings. The van der Waals surface area contributed by atoms with Crippen molar-refractivity contribution >= 4 is 23.3 Å². The van der Waals surface area contributed by atoms with Crippen LogP contribution in [0.1, 0.15) is 0 Å². The zero-order chi connectivity index (χ0) is 12.8. The quantitative estimate of drug-likeness (QED) is 0.638. The van der Waals surface area contributed by atoms with Crippen LogP contribution in [-0.4, -0.2) is 16.5 Å². The lowest BCUT2D eigenvalue weighted by atomic mass is 10.4. The van der Waals surface area contributed by atoms with Gasteiger partial charge in [-0.1, -0.05) is 36.0 Å². The summed E-state index contributed by atoms with van der Waals surface area (Å²) in [7, 11) is 0. The van der Waals surface area contributed by atoms with Gasteiger partial charge in [0.15, 0.2) is 5.82 Å². The van der Waals surface area contributed by atoms with Crippen LogP contribution in [0, 0.1) is 0 Å². The number of aromatic nitrogens is 2. The summed E-state index contributed by atoms with van der Waals surface area (Å²) < 4.78 is 0. The molecule has 0 radical (unpaired) electrons. The monoisotopic (exact) mass is 258 g/mol. The van der Waals surface area contributed by atoms with Gasteiger partial charge in [-0.3, -0.25) is 0 Å². The number of rotatable bonds is 5. The molecule has 4 nitrogen and oxygen atoms in total. The Hall–Kier alpha value is -2.01. The molecule has 0 fully saturated rings. The Morgan fingerprint density at radius 3 is 2.78 bits per heavy atom. The fourth-order valence-corrected chi connectivity index (χ4v) is 2.30. The van der Waals surface area contributed by atoms with Crippen LogP contribution in [0.5, 0.6) is 0 Å². The first-order valence-electron chi connectivity index (χ1n) is 5.49. The van der Waals surface area contributed by atoms with Gasteiger partial charge in [-0.2, -0.15) is 0 Å². The maximum Gasteiger partial charge on any atom is 0.151 e. The number of nitrogens with two attached hydrogens (primary N) is 1. The van der Waals surface area contributed by atoms with Gasteiger partial charge in [0.05, 0.1) is 0 Å². The van der Waals surface area contributed by atoms with Crippen LogP contribution < -0.4 is 11.1 Å². The van der Waals surface area contributed by atoms with Crippen molar-refractivity contribution in [3.05, 3.63) is 49.3 Å². The van der Waals surface area contributed by atoms with E-state index < -0.39 is 0 Å². The molecule has 5 heteroatoms. The molecule has 0 amide bonds. The number of hydrogen-bond acceptors (Lipinski definition) is 5. The summed E-state index contributed by atoms with van der Waals surface area (Å²) in [6, 6.07) is 10.0. The topological polar surface area (TPSA) is 63.8 Å². The Balaban J connectivity index is 2.26. The number of anilines is 2. The van der Waals surface area contributed by atoms with Crippen LogP contribution in [-0.2, 0) is 0 Å². The molecule has 18 heavy (non-hydrogen) atoms. The summed E-state index contributed by atoms with van der Waals surface area (Å²) in [5.74, 6) is 0.449. The summed E-state index contributed by atoms with van der Waals surface area (Å²) in [6.07, 6.45) is 3.24. The predicted octanol–water partition coefficient (Wildman–Crippen LogP) is 2.81. The van der Waals surface area contributed by atoms with E-state index in [9.17, 15) is 0 Å². The molecule has 0 spiro atoms. The fraction of sp³-hybridized carbons (Fsp3) is 0.0769. The Kier molecular flexibility index (Phi) is 4.20. The van der Waals surface area contributed by atoms with Crippen LogP contribution in [0.4, 0.5) is 11.5 Å². The van der Waals surface area contributed by atoms with E-state index in [1.54, 1.807) is 17.8 Å². The van der Waals surface area contributed by atoms with E-state index in [1.165, 1.54) is 6.33 Å². The lowest BCUT2D eigenvalue weighted by molar-refractivity contribution is 1.05. The largest absolute Gasteiger partial charge is 0.382 e. The van der Waals surface area contributed by atoms with Crippen molar-refractivity contribution in [1.82, 2.24) is 9.97 Å². The van der Waals surface area contributed by atoms with Crippen molar-refractivity contribution in [2.45, 2.75) is 9.92 Å². The van der Waals surface area contributed by atoms with E-state index in [0.29, 0.717) is 12.4 Å².